The number of halogens is 1. The van der Waals surface area contributed by atoms with E-state index in [0.29, 0.717) is 34.3 Å². The number of hydrogen-bond acceptors (Lipinski definition) is 6. The van der Waals surface area contributed by atoms with Gasteiger partial charge in [-0.25, -0.2) is 8.42 Å². The van der Waals surface area contributed by atoms with Gasteiger partial charge in [0.1, 0.15) is 15.3 Å². The van der Waals surface area contributed by atoms with Crippen LogP contribution in [0.4, 0.5) is 5.00 Å². The van der Waals surface area contributed by atoms with Gasteiger partial charge in [-0.3, -0.25) is 4.79 Å². The van der Waals surface area contributed by atoms with Crippen LogP contribution < -0.4 is 5.32 Å². The maximum absolute atomic E-state index is 12.9. The summed E-state index contributed by atoms with van der Waals surface area (Å²) < 4.78 is 27.7. The number of sulfonamides is 1. The number of nitriles is 1. The zero-order chi connectivity index (χ0) is 20.6. The van der Waals surface area contributed by atoms with E-state index in [1.165, 1.54) is 26.6 Å². The molecule has 1 atom stereocenters. The predicted octanol–water partition coefficient (Wildman–Crippen LogP) is 4.25. The summed E-state index contributed by atoms with van der Waals surface area (Å²) in [5, 5.41) is 13.1. The van der Waals surface area contributed by atoms with Gasteiger partial charge in [0, 0.05) is 18.0 Å². The van der Waals surface area contributed by atoms with Gasteiger partial charge in [0.2, 0.25) is 5.91 Å². The normalized spacial score (nSPS) is 20.1. The zero-order valence-electron chi connectivity index (χ0n) is 15.6. The molecule has 10 heteroatoms. The van der Waals surface area contributed by atoms with Gasteiger partial charge in [-0.15, -0.1) is 22.7 Å². The van der Waals surface area contributed by atoms with E-state index in [2.05, 4.69) is 11.4 Å². The number of anilines is 1. The number of carbonyl (C=O) groups excluding carboxylic acids is 1. The number of fused-ring (bicyclic) bond motifs is 1. The zero-order valence-corrected chi connectivity index (χ0v) is 18.8. The van der Waals surface area contributed by atoms with E-state index in [1.54, 1.807) is 6.07 Å². The minimum atomic E-state index is -3.66. The Hall–Kier alpha value is -1.44. The van der Waals surface area contributed by atoms with Crippen LogP contribution in [0.15, 0.2) is 16.3 Å². The fourth-order valence-electron chi connectivity index (χ4n) is 3.92. The second kappa shape index (κ2) is 8.36. The summed E-state index contributed by atoms with van der Waals surface area (Å²) in [6.07, 6.45) is 5.23. The molecule has 1 aliphatic heterocycles. The monoisotopic (exact) mass is 469 g/mol. The van der Waals surface area contributed by atoms with Crippen LogP contribution in [0, 0.1) is 17.2 Å². The highest BCUT2D eigenvalue weighted by Crippen LogP contribution is 2.38. The maximum atomic E-state index is 12.9. The number of thiophene rings is 2. The van der Waals surface area contributed by atoms with Crippen LogP contribution in [0.5, 0.6) is 0 Å². The first kappa shape index (κ1) is 20.8. The van der Waals surface area contributed by atoms with Gasteiger partial charge in [-0.05, 0) is 56.2 Å². The first-order valence-corrected chi connectivity index (χ1v) is 13.0. The Labute approximate surface area is 183 Å². The molecule has 1 amide bonds. The second-order valence-electron chi connectivity index (χ2n) is 7.28. The first-order chi connectivity index (χ1) is 13.9. The number of aryl methyl sites for hydroxylation is 1. The Bertz CT molecular complexity index is 1080. The lowest BCUT2D eigenvalue weighted by atomic mass is 9.96. The molecule has 2 aliphatic rings. The van der Waals surface area contributed by atoms with E-state index < -0.39 is 15.9 Å². The Morgan fingerprint density at radius 1 is 1.24 bits per heavy atom. The molecule has 0 bridgehead atoms. The van der Waals surface area contributed by atoms with Crippen molar-refractivity contribution >= 4 is 55.2 Å². The molecule has 0 spiro atoms. The molecule has 0 aromatic carbocycles. The van der Waals surface area contributed by atoms with E-state index in [-0.39, 0.29) is 16.7 Å². The van der Waals surface area contributed by atoms with Crippen LogP contribution in [-0.4, -0.2) is 31.7 Å². The number of hydrogen-bond donors (Lipinski definition) is 1. The summed E-state index contributed by atoms with van der Waals surface area (Å²) in [7, 11) is -3.66. The second-order valence-corrected chi connectivity index (χ2v) is 12.3. The third-order valence-electron chi connectivity index (χ3n) is 5.42. The third kappa shape index (κ3) is 4.09. The summed E-state index contributed by atoms with van der Waals surface area (Å²) in [6.45, 7) is 0.523. The molecular weight excluding hydrogens is 450 g/mol. The molecule has 29 heavy (non-hydrogen) atoms. The van der Waals surface area contributed by atoms with Crippen LogP contribution in [0.2, 0.25) is 4.34 Å². The standard InChI is InChI=1S/C19H20ClN3O3S3/c20-16-7-8-17(28-16)29(25,26)23-9-3-4-12(11-23)18(24)22-19-14(10-21)13-5-1-2-6-15(13)27-19/h7-8,12H,1-6,9,11H2,(H,22,24). The van der Waals surface area contributed by atoms with Crippen LogP contribution in [0.3, 0.4) is 0 Å². The first-order valence-electron chi connectivity index (χ1n) is 9.51. The van der Waals surface area contributed by atoms with E-state index in [9.17, 15) is 18.5 Å². The van der Waals surface area contributed by atoms with Crippen molar-refractivity contribution < 1.29 is 13.2 Å². The van der Waals surface area contributed by atoms with Gasteiger partial charge >= 0.3 is 0 Å². The highest BCUT2D eigenvalue weighted by atomic mass is 35.5. The molecule has 2 aromatic rings. The highest BCUT2D eigenvalue weighted by molar-refractivity contribution is 7.91. The molecule has 0 radical (unpaired) electrons. The van der Waals surface area contributed by atoms with Gasteiger partial charge in [0.15, 0.2) is 0 Å². The van der Waals surface area contributed by atoms with Crippen molar-refractivity contribution in [1.29, 1.82) is 5.26 Å². The van der Waals surface area contributed by atoms with E-state index in [0.717, 1.165) is 42.6 Å². The summed E-state index contributed by atoms with van der Waals surface area (Å²) in [5.74, 6) is -0.663. The average Bonchev–Trinajstić information content (AvgIpc) is 3.31. The van der Waals surface area contributed by atoms with Gasteiger partial charge in [-0.1, -0.05) is 11.6 Å². The molecule has 1 fully saturated rings. The maximum Gasteiger partial charge on any atom is 0.252 e. The molecule has 1 aliphatic carbocycles. The van der Waals surface area contributed by atoms with E-state index in [4.69, 9.17) is 11.6 Å². The SMILES string of the molecule is N#Cc1c(NC(=O)C2CCCN(S(=O)(=O)c3ccc(Cl)s3)C2)sc2c1CCCC2. The molecule has 3 heterocycles. The summed E-state index contributed by atoms with van der Waals surface area (Å²) in [5.41, 5.74) is 1.65. The van der Waals surface area contributed by atoms with Crippen LogP contribution >= 0.6 is 34.3 Å². The molecule has 154 valence electrons. The predicted molar refractivity (Wildman–Crippen MR) is 115 cm³/mol. The largest absolute Gasteiger partial charge is 0.316 e. The molecule has 6 nitrogen and oxygen atoms in total. The number of rotatable bonds is 4. The minimum absolute atomic E-state index is 0.136. The van der Waals surface area contributed by atoms with Crippen molar-refractivity contribution in [2.45, 2.75) is 42.7 Å². The number of nitrogens with zero attached hydrogens (tertiary/aromatic N) is 2. The molecule has 1 unspecified atom stereocenters. The van der Waals surface area contributed by atoms with Gasteiger partial charge in [0.05, 0.1) is 15.8 Å². The molecular formula is C19H20ClN3O3S3. The number of amides is 1. The van der Waals surface area contributed by atoms with Crippen LogP contribution in [0.25, 0.3) is 0 Å². The molecule has 2 aromatic heterocycles. The topological polar surface area (TPSA) is 90.3 Å². The van der Waals surface area contributed by atoms with Crippen LogP contribution in [-0.2, 0) is 27.7 Å². The smallest absolute Gasteiger partial charge is 0.252 e. The Morgan fingerprint density at radius 3 is 2.76 bits per heavy atom. The van der Waals surface area contributed by atoms with Crippen molar-refractivity contribution in [1.82, 2.24) is 4.31 Å². The van der Waals surface area contributed by atoms with Gasteiger partial charge in [0.25, 0.3) is 10.0 Å². The van der Waals surface area contributed by atoms with Crippen LogP contribution in [0.1, 0.15) is 41.7 Å². The lowest BCUT2D eigenvalue weighted by molar-refractivity contribution is -0.120. The molecule has 4 rings (SSSR count). The van der Waals surface area contributed by atoms with E-state index >= 15 is 0 Å². The number of nitrogens with one attached hydrogen (secondary N) is 1. The Morgan fingerprint density at radius 2 is 2.03 bits per heavy atom. The quantitative estimate of drug-likeness (QED) is 0.724. The highest BCUT2D eigenvalue weighted by Gasteiger charge is 2.34. The summed E-state index contributed by atoms with van der Waals surface area (Å²) in [4.78, 5) is 14.1. The van der Waals surface area contributed by atoms with Crippen molar-refractivity contribution in [2.75, 3.05) is 18.4 Å². The number of piperidine rings is 1. The average molecular weight is 470 g/mol. The molecule has 1 saturated heterocycles. The fraction of sp³-hybridized carbons (Fsp3) is 0.474. The lowest BCUT2D eigenvalue weighted by Gasteiger charge is -2.30. The molecule has 0 saturated carbocycles. The molecule has 1 N–H and O–H groups in total. The van der Waals surface area contributed by atoms with Gasteiger partial charge in [-0.2, -0.15) is 9.57 Å². The fourth-order valence-corrected chi connectivity index (χ4v) is 8.33. The lowest BCUT2D eigenvalue weighted by Crippen LogP contribution is -2.43. The minimum Gasteiger partial charge on any atom is -0.316 e. The number of carbonyl (C=O) groups is 1. The van der Waals surface area contributed by atoms with Crippen molar-refractivity contribution in [2.24, 2.45) is 5.92 Å². The third-order valence-corrected chi connectivity index (χ3v) is 10.2. The van der Waals surface area contributed by atoms with Crippen molar-refractivity contribution in [3.05, 3.63) is 32.5 Å². The summed E-state index contributed by atoms with van der Waals surface area (Å²) in [6, 6.07) is 5.31. The Balaban J connectivity index is 1.50. The van der Waals surface area contributed by atoms with Gasteiger partial charge < -0.3 is 5.32 Å². The van der Waals surface area contributed by atoms with Crippen molar-refractivity contribution in [3.63, 3.8) is 0 Å². The van der Waals surface area contributed by atoms with E-state index in [1.807, 2.05) is 0 Å². The van der Waals surface area contributed by atoms with Crippen molar-refractivity contribution in [3.8, 4) is 6.07 Å². The Kier molecular flexibility index (Phi) is 6.00. The summed E-state index contributed by atoms with van der Waals surface area (Å²) >= 11 is 8.40.